The van der Waals surface area contributed by atoms with Gasteiger partial charge in [-0.15, -0.1) is 0 Å². The van der Waals surface area contributed by atoms with Crippen LogP contribution in [0.25, 0.3) is 0 Å². The number of hydrogen-bond acceptors (Lipinski definition) is 3. The van der Waals surface area contributed by atoms with Gasteiger partial charge in [-0.2, -0.15) is 0 Å². The Balaban J connectivity index is 2.81. The number of aryl methyl sites for hydroxylation is 1. The van der Waals surface area contributed by atoms with Crippen molar-refractivity contribution < 1.29 is 9.90 Å². The molecular weight excluding hydrogens is 216 g/mol. The molecule has 4 heteroatoms. The average Bonchev–Trinajstić information content (AvgIpc) is 2.28. The van der Waals surface area contributed by atoms with E-state index in [-0.39, 0.29) is 17.6 Å². The Hall–Kier alpha value is -1.55. The third-order valence-electron chi connectivity index (χ3n) is 2.72. The number of amides is 1. The molecule has 0 aromatic heterocycles. The van der Waals surface area contributed by atoms with Crippen LogP contribution in [-0.2, 0) is 0 Å². The van der Waals surface area contributed by atoms with Crippen LogP contribution < -0.4 is 5.73 Å². The lowest BCUT2D eigenvalue weighted by atomic mass is 10.1. The summed E-state index contributed by atoms with van der Waals surface area (Å²) in [6.45, 7) is 4.98. The molecule has 1 aromatic rings. The van der Waals surface area contributed by atoms with E-state index < -0.39 is 0 Å². The van der Waals surface area contributed by atoms with E-state index in [1.165, 1.54) is 0 Å². The first-order valence-corrected chi connectivity index (χ1v) is 5.70. The van der Waals surface area contributed by atoms with Crippen molar-refractivity contribution in [1.82, 2.24) is 4.90 Å². The van der Waals surface area contributed by atoms with Crippen LogP contribution in [0.1, 0.15) is 22.8 Å². The zero-order valence-electron chi connectivity index (χ0n) is 10.6. The minimum Gasteiger partial charge on any atom is -0.507 e. The van der Waals surface area contributed by atoms with Gasteiger partial charge in [0.2, 0.25) is 0 Å². The number of carbonyl (C=O) groups is 1. The van der Waals surface area contributed by atoms with Gasteiger partial charge in [-0.3, -0.25) is 4.79 Å². The normalized spacial score (nSPS) is 12.2. The van der Waals surface area contributed by atoms with Gasteiger partial charge in [-0.1, -0.05) is 13.0 Å². The summed E-state index contributed by atoms with van der Waals surface area (Å²) in [7, 11) is 1.72. The summed E-state index contributed by atoms with van der Waals surface area (Å²) in [6.07, 6.45) is 0. The fourth-order valence-electron chi connectivity index (χ4n) is 1.65. The van der Waals surface area contributed by atoms with Crippen LogP contribution in [0.4, 0.5) is 0 Å². The van der Waals surface area contributed by atoms with Crippen LogP contribution in [0.2, 0.25) is 0 Å². The topological polar surface area (TPSA) is 66.6 Å². The van der Waals surface area contributed by atoms with Crippen LogP contribution in [0.5, 0.6) is 5.75 Å². The quantitative estimate of drug-likeness (QED) is 0.829. The molecule has 94 valence electrons. The fraction of sp³-hybridized carbons (Fsp3) is 0.462. The maximum Gasteiger partial charge on any atom is 0.257 e. The number of phenolic OH excluding ortho intramolecular Hbond substituents is 1. The zero-order valence-corrected chi connectivity index (χ0v) is 10.6. The lowest BCUT2D eigenvalue weighted by Crippen LogP contribution is -2.33. The molecule has 0 aliphatic rings. The second-order valence-corrected chi connectivity index (χ2v) is 4.55. The van der Waals surface area contributed by atoms with Gasteiger partial charge in [0.25, 0.3) is 5.91 Å². The summed E-state index contributed by atoms with van der Waals surface area (Å²) in [4.78, 5) is 13.6. The molecule has 1 unspecified atom stereocenters. The molecule has 0 spiro atoms. The number of benzene rings is 1. The van der Waals surface area contributed by atoms with Crippen molar-refractivity contribution in [1.29, 1.82) is 0 Å². The van der Waals surface area contributed by atoms with Gasteiger partial charge in [0.1, 0.15) is 5.75 Å². The molecule has 0 aliphatic carbocycles. The predicted molar refractivity (Wildman–Crippen MR) is 68.0 cm³/mol. The molecule has 0 heterocycles. The van der Waals surface area contributed by atoms with E-state index in [9.17, 15) is 9.90 Å². The summed E-state index contributed by atoms with van der Waals surface area (Å²) in [5.74, 6) is 0.0987. The van der Waals surface area contributed by atoms with Crippen molar-refractivity contribution in [2.75, 3.05) is 20.1 Å². The van der Waals surface area contributed by atoms with Gasteiger partial charge in [-0.25, -0.2) is 0 Å². The standard InChI is InChI=1S/C13H20N2O2/c1-9-4-5-11(12(16)6-9)13(17)15(3)8-10(2)7-14/h4-6,10,16H,7-8,14H2,1-3H3. The molecule has 1 atom stereocenters. The number of carbonyl (C=O) groups excluding carboxylic acids is 1. The van der Waals surface area contributed by atoms with E-state index >= 15 is 0 Å². The molecule has 17 heavy (non-hydrogen) atoms. The van der Waals surface area contributed by atoms with E-state index in [4.69, 9.17) is 5.73 Å². The molecule has 0 bridgehead atoms. The van der Waals surface area contributed by atoms with Crippen molar-refractivity contribution in [2.24, 2.45) is 11.7 Å². The SMILES string of the molecule is Cc1ccc(C(=O)N(C)CC(C)CN)c(O)c1. The summed E-state index contributed by atoms with van der Waals surface area (Å²) in [5.41, 5.74) is 6.78. The van der Waals surface area contributed by atoms with Gasteiger partial charge in [-0.05, 0) is 37.1 Å². The monoisotopic (exact) mass is 236 g/mol. The molecule has 0 aliphatic heterocycles. The Labute approximate surface area is 102 Å². The Morgan fingerprint density at radius 3 is 2.71 bits per heavy atom. The van der Waals surface area contributed by atoms with Crippen molar-refractivity contribution >= 4 is 5.91 Å². The Bertz CT molecular complexity index is 404. The molecule has 1 amide bonds. The third kappa shape index (κ3) is 3.46. The van der Waals surface area contributed by atoms with E-state index in [1.54, 1.807) is 24.1 Å². The van der Waals surface area contributed by atoms with Crippen molar-refractivity contribution in [3.8, 4) is 5.75 Å². The minimum atomic E-state index is -0.178. The molecule has 0 fully saturated rings. The first-order valence-electron chi connectivity index (χ1n) is 5.70. The lowest BCUT2D eigenvalue weighted by Gasteiger charge is -2.21. The molecule has 1 rings (SSSR count). The molecule has 1 aromatic carbocycles. The van der Waals surface area contributed by atoms with Gasteiger partial charge in [0.15, 0.2) is 0 Å². The fourth-order valence-corrected chi connectivity index (χ4v) is 1.65. The van der Waals surface area contributed by atoms with E-state index in [0.717, 1.165) is 5.56 Å². The van der Waals surface area contributed by atoms with Crippen LogP contribution >= 0.6 is 0 Å². The van der Waals surface area contributed by atoms with E-state index in [2.05, 4.69) is 0 Å². The molecule has 0 saturated carbocycles. The molecule has 3 N–H and O–H groups in total. The highest BCUT2D eigenvalue weighted by molar-refractivity contribution is 5.96. The van der Waals surface area contributed by atoms with E-state index in [0.29, 0.717) is 18.7 Å². The molecule has 4 nitrogen and oxygen atoms in total. The Morgan fingerprint density at radius 2 is 2.18 bits per heavy atom. The Kier molecular flexibility index (Phi) is 4.52. The van der Waals surface area contributed by atoms with Crippen LogP contribution in [0, 0.1) is 12.8 Å². The number of phenols is 1. The molecule has 0 radical (unpaired) electrons. The maximum atomic E-state index is 12.1. The summed E-state index contributed by atoms with van der Waals surface area (Å²) < 4.78 is 0. The second kappa shape index (κ2) is 5.68. The van der Waals surface area contributed by atoms with Crippen LogP contribution in [0.15, 0.2) is 18.2 Å². The molecular formula is C13H20N2O2. The van der Waals surface area contributed by atoms with Crippen LogP contribution in [-0.4, -0.2) is 36.1 Å². The first kappa shape index (κ1) is 13.5. The number of nitrogens with two attached hydrogens (primary N) is 1. The summed E-state index contributed by atoms with van der Waals surface area (Å²) in [6, 6.07) is 5.05. The van der Waals surface area contributed by atoms with Gasteiger partial charge in [0.05, 0.1) is 5.56 Å². The second-order valence-electron chi connectivity index (χ2n) is 4.55. The lowest BCUT2D eigenvalue weighted by molar-refractivity contribution is 0.0774. The number of nitrogens with zero attached hydrogens (tertiary/aromatic N) is 1. The van der Waals surface area contributed by atoms with Crippen molar-refractivity contribution in [3.63, 3.8) is 0 Å². The van der Waals surface area contributed by atoms with Crippen molar-refractivity contribution in [2.45, 2.75) is 13.8 Å². The van der Waals surface area contributed by atoms with Crippen LogP contribution in [0.3, 0.4) is 0 Å². The Morgan fingerprint density at radius 1 is 1.53 bits per heavy atom. The highest BCUT2D eigenvalue weighted by Crippen LogP contribution is 2.20. The van der Waals surface area contributed by atoms with E-state index in [1.807, 2.05) is 19.9 Å². The van der Waals surface area contributed by atoms with Crippen molar-refractivity contribution in [3.05, 3.63) is 29.3 Å². The van der Waals surface area contributed by atoms with Gasteiger partial charge < -0.3 is 15.7 Å². The highest BCUT2D eigenvalue weighted by atomic mass is 16.3. The third-order valence-corrected chi connectivity index (χ3v) is 2.72. The zero-order chi connectivity index (χ0) is 13.0. The smallest absolute Gasteiger partial charge is 0.257 e. The number of hydrogen-bond donors (Lipinski definition) is 2. The highest BCUT2D eigenvalue weighted by Gasteiger charge is 2.17. The summed E-state index contributed by atoms with van der Waals surface area (Å²) >= 11 is 0. The summed E-state index contributed by atoms with van der Waals surface area (Å²) in [5, 5.41) is 9.73. The molecule has 0 saturated heterocycles. The number of rotatable bonds is 4. The largest absolute Gasteiger partial charge is 0.507 e. The average molecular weight is 236 g/mol. The minimum absolute atomic E-state index is 0.0299. The van der Waals surface area contributed by atoms with Gasteiger partial charge >= 0.3 is 0 Å². The van der Waals surface area contributed by atoms with Gasteiger partial charge in [0, 0.05) is 13.6 Å². The first-order chi connectivity index (χ1) is 7.95. The predicted octanol–water partition coefficient (Wildman–Crippen LogP) is 1.37. The number of aromatic hydroxyl groups is 1. The maximum absolute atomic E-state index is 12.1.